The van der Waals surface area contributed by atoms with Crippen LogP contribution in [0.1, 0.15) is 0 Å². The van der Waals surface area contributed by atoms with E-state index in [4.69, 9.17) is 0 Å². The van der Waals surface area contributed by atoms with Gasteiger partial charge in [-0.25, -0.2) is 9.59 Å². The van der Waals surface area contributed by atoms with Gasteiger partial charge in [-0.2, -0.15) is 4.98 Å². The molecule has 0 aliphatic carbocycles. The second-order valence-corrected chi connectivity index (χ2v) is 5.46. The fraction of sp³-hybridized carbons (Fsp3) is 0.615. The average molecular weight is 294 g/mol. The molecule has 0 atom stereocenters. The monoisotopic (exact) mass is 294 g/mol. The molecule has 0 radical (unpaired) electrons. The molecule has 1 fully saturated rings. The third-order valence-electron chi connectivity index (χ3n) is 3.35. The second kappa shape index (κ2) is 6.68. The number of carbonyl (C=O) groups is 1. The summed E-state index contributed by atoms with van der Waals surface area (Å²) in [5.74, 6) is 0.291. The van der Waals surface area contributed by atoms with Crippen LogP contribution in [0.15, 0.2) is 17.1 Å². The summed E-state index contributed by atoms with van der Waals surface area (Å²) in [6, 6.07) is 1.40. The highest BCUT2D eigenvalue weighted by Crippen LogP contribution is 2.05. The van der Waals surface area contributed by atoms with Crippen molar-refractivity contribution in [1.29, 1.82) is 0 Å². The summed E-state index contributed by atoms with van der Waals surface area (Å²) in [5.41, 5.74) is -0.386. The zero-order valence-electron chi connectivity index (χ0n) is 12.7. The lowest BCUT2D eigenvalue weighted by atomic mass is 10.3. The molecule has 8 nitrogen and oxygen atoms in total. The molecule has 0 saturated carbocycles. The zero-order valence-corrected chi connectivity index (χ0v) is 12.7. The molecule has 1 aliphatic heterocycles. The fourth-order valence-electron chi connectivity index (χ4n) is 2.22. The summed E-state index contributed by atoms with van der Waals surface area (Å²) in [6.07, 6.45) is 1.58. The molecule has 0 bridgehead atoms. The number of hydrogen-bond acceptors (Lipinski definition) is 5. The lowest BCUT2D eigenvalue weighted by Crippen LogP contribution is -2.51. The third kappa shape index (κ3) is 4.27. The standard InChI is InChI=1S/C13H22N6O2/c1-16(2)10-18-6-8-19(9-7-18)13(21)15-11-4-5-17(3)12(20)14-11/h4-5H,6-10H2,1-3H3,(H,14,15,20,21). The molecule has 2 rings (SSSR count). The molecule has 1 aliphatic rings. The van der Waals surface area contributed by atoms with Crippen LogP contribution in [-0.4, -0.2) is 77.2 Å². The number of hydrogen-bond donors (Lipinski definition) is 1. The van der Waals surface area contributed by atoms with Crippen molar-refractivity contribution in [2.45, 2.75) is 0 Å². The highest BCUT2D eigenvalue weighted by molar-refractivity contribution is 5.88. The molecule has 0 aromatic carbocycles. The Morgan fingerprint density at radius 2 is 2.00 bits per heavy atom. The molecule has 0 spiro atoms. The van der Waals surface area contributed by atoms with Crippen LogP contribution < -0.4 is 11.0 Å². The SMILES string of the molecule is CN(C)CN1CCN(C(=O)Nc2ccn(C)c(=O)n2)CC1. The van der Waals surface area contributed by atoms with E-state index >= 15 is 0 Å². The lowest BCUT2D eigenvalue weighted by Gasteiger charge is -2.35. The Morgan fingerprint density at radius 1 is 1.33 bits per heavy atom. The summed E-state index contributed by atoms with van der Waals surface area (Å²) in [4.78, 5) is 33.5. The van der Waals surface area contributed by atoms with Crippen LogP contribution in [0.5, 0.6) is 0 Å². The number of amides is 2. The summed E-state index contributed by atoms with van der Waals surface area (Å²) < 4.78 is 1.36. The number of rotatable bonds is 3. The molecular formula is C13H22N6O2. The number of aryl methyl sites for hydroxylation is 1. The van der Waals surface area contributed by atoms with E-state index in [1.807, 2.05) is 14.1 Å². The summed E-state index contributed by atoms with van der Waals surface area (Å²) in [6.45, 7) is 3.92. The van der Waals surface area contributed by atoms with Gasteiger partial charge in [0.1, 0.15) is 5.82 Å². The molecule has 1 saturated heterocycles. The van der Waals surface area contributed by atoms with Crippen molar-refractivity contribution < 1.29 is 4.79 Å². The second-order valence-electron chi connectivity index (χ2n) is 5.46. The minimum atomic E-state index is -0.386. The van der Waals surface area contributed by atoms with Gasteiger partial charge in [0.05, 0.1) is 6.67 Å². The highest BCUT2D eigenvalue weighted by atomic mass is 16.2. The first-order valence-corrected chi connectivity index (χ1v) is 6.92. The van der Waals surface area contributed by atoms with Crippen LogP contribution in [0.3, 0.4) is 0 Å². The number of carbonyl (C=O) groups excluding carboxylic acids is 1. The van der Waals surface area contributed by atoms with Gasteiger partial charge in [-0.3, -0.25) is 15.1 Å². The topological polar surface area (TPSA) is 73.7 Å². The van der Waals surface area contributed by atoms with Gasteiger partial charge in [0.25, 0.3) is 0 Å². The van der Waals surface area contributed by atoms with Gasteiger partial charge in [0.2, 0.25) is 0 Å². The maximum absolute atomic E-state index is 12.1. The first-order valence-electron chi connectivity index (χ1n) is 6.92. The largest absolute Gasteiger partial charge is 0.349 e. The van der Waals surface area contributed by atoms with E-state index < -0.39 is 0 Å². The van der Waals surface area contributed by atoms with Gasteiger partial charge in [0.15, 0.2) is 0 Å². The number of urea groups is 1. The Morgan fingerprint density at radius 3 is 2.57 bits per heavy atom. The van der Waals surface area contributed by atoms with Crippen LogP contribution >= 0.6 is 0 Å². The molecular weight excluding hydrogens is 272 g/mol. The summed E-state index contributed by atoms with van der Waals surface area (Å²) >= 11 is 0. The van der Waals surface area contributed by atoms with Crippen LogP contribution in [0.4, 0.5) is 10.6 Å². The number of aromatic nitrogens is 2. The predicted octanol–water partition coefficient (Wildman–Crippen LogP) is -0.551. The molecule has 1 aromatic rings. The molecule has 116 valence electrons. The Labute approximate surface area is 124 Å². The van der Waals surface area contributed by atoms with E-state index in [-0.39, 0.29) is 11.7 Å². The van der Waals surface area contributed by atoms with Gasteiger partial charge in [-0.05, 0) is 20.2 Å². The van der Waals surface area contributed by atoms with E-state index in [1.54, 1.807) is 24.2 Å². The number of nitrogens with one attached hydrogen (secondary N) is 1. The maximum atomic E-state index is 12.1. The Balaban J connectivity index is 1.87. The fourth-order valence-corrected chi connectivity index (χ4v) is 2.22. The number of piperazine rings is 1. The molecule has 2 heterocycles. The number of anilines is 1. The molecule has 0 unspecified atom stereocenters. The molecule has 1 N–H and O–H groups in total. The van der Waals surface area contributed by atoms with Crippen molar-refractivity contribution in [3.8, 4) is 0 Å². The summed E-state index contributed by atoms with van der Waals surface area (Å²) in [5, 5.41) is 2.67. The highest BCUT2D eigenvalue weighted by Gasteiger charge is 2.21. The van der Waals surface area contributed by atoms with Crippen LogP contribution in [0, 0.1) is 0 Å². The average Bonchev–Trinajstić information content (AvgIpc) is 2.43. The first-order chi connectivity index (χ1) is 9.95. The van der Waals surface area contributed by atoms with Gasteiger partial charge < -0.3 is 9.47 Å². The first kappa shape index (κ1) is 15.5. The van der Waals surface area contributed by atoms with E-state index in [0.717, 1.165) is 19.8 Å². The van der Waals surface area contributed by atoms with Crippen LogP contribution in [-0.2, 0) is 7.05 Å². The van der Waals surface area contributed by atoms with Gasteiger partial charge in [-0.15, -0.1) is 0 Å². The van der Waals surface area contributed by atoms with E-state index in [9.17, 15) is 9.59 Å². The van der Waals surface area contributed by atoms with Crippen LogP contribution in [0.25, 0.3) is 0 Å². The number of nitrogens with zero attached hydrogens (tertiary/aromatic N) is 5. The Hall–Kier alpha value is -1.93. The summed E-state index contributed by atoms with van der Waals surface area (Å²) in [7, 11) is 5.67. The Bertz CT molecular complexity index is 548. The third-order valence-corrected chi connectivity index (χ3v) is 3.35. The quantitative estimate of drug-likeness (QED) is 0.809. The Kier molecular flexibility index (Phi) is 4.92. The molecule has 21 heavy (non-hydrogen) atoms. The van der Waals surface area contributed by atoms with Gasteiger partial charge in [-0.1, -0.05) is 0 Å². The van der Waals surface area contributed by atoms with Crippen LogP contribution in [0.2, 0.25) is 0 Å². The zero-order chi connectivity index (χ0) is 15.4. The van der Waals surface area contributed by atoms with Crippen molar-refractivity contribution in [2.75, 3.05) is 52.3 Å². The van der Waals surface area contributed by atoms with Crippen molar-refractivity contribution in [1.82, 2.24) is 24.3 Å². The van der Waals surface area contributed by atoms with E-state index in [1.165, 1.54) is 4.57 Å². The minimum Gasteiger partial charge on any atom is -0.322 e. The van der Waals surface area contributed by atoms with E-state index in [0.29, 0.717) is 18.9 Å². The maximum Gasteiger partial charge on any atom is 0.349 e. The predicted molar refractivity (Wildman–Crippen MR) is 80.2 cm³/mol. The van der Waals surface area contributed by atoms with Crippen molar-refractivity contribution >= 4 is 11.8 Å². The normalized spacial score (nSPS) is 16.3. The van der Waals surface area contributed by atoms with Crippen molar-refractivity contribution in [3.63, 3.8) is 0 Å². The smallest absolute Gasteiger partial charge is 0.322 e. The van der Waals surface area contributed by atoms with Crippen molar-refractivity contribution in [3.05, 3.63) is 22.7 Å². The van der Waals surface area contributed by atoms with E-state index in [2.05, 4.69) is 20.1 Å². The van der Waals surface area contributed by atoms with Gasteiger partial charge >= 0.3 is 11.7 Å². The molecule has 2 amide bonds. The lowest BCUT2D eigenvalue weighted by molar-refractivity contribution is 0.109. The van der Waals surface area contributed by atoms with Crippen molar-refractivity contribution in [2.24, 2.45) is 7.05 Å². The molecule has 1 aromatic heterocycles. The van der Waals surface area contributed by atoms with Gasteiger partial charge in [0, 0.05) is 39.4 Å². The minimum absolute atomic E-state index is 0.208. The molecule has 8 heteroatoms.